The number of fused-ring (bicyclic) bond motifs is 1. The molecule has 2 heterocycles. The summed E-state index contributed by atoms with van der Waals surface area (Å²) in [7, 11) is 0. The molecule has 0 spiro atoms. The van der Waals surface area contributed by atoms with Crippen molar-refractivity contribution in [1.29, 1.82) is 0 Å². The van der Waals surface area contributed by atoms with Gasteiger partial charge in [-0.2, -0.15) is 5.10 Å². The zero-order valence-corrected chi connectivity index (χ0v) is 11.7. The smallest absolute Gasteiger partial charge is 0.0684 e. The van der Waals surface area contributed by atoms with Gasteiger partial charge in [0.05, 0.1) is 11.4 Å². The van der Waals surface area contributed by atoms with Crippen LogP contribution in [0.4, 0.5) is 0 Å². The Morgan fingerprint density at radius 2 is 2.16 bits per heavy atom. The van der Waals surface area contributed by atoms with Gasteiger partial charge in [0, 0.05) is 12.2 Å². The van der Waals surface area contributed by atoms with E-state index in [0.29, 0.717) is 0 Å². The highest BCUT2D eigenvalue weighted by molar-refractivity contribution is 5.48. The summed E-state index contributed by atoms with van der Waals surface area (Å²) in [5.41, 5.74) is 6.64. The van der Waals surface area contributed by atoms with Crippen molar-refractivity contribution in [3.8, 4) is 5.69 Å². The molecule has 0 aliphatic carbocycles. The molecule has 2 aromatic rings. The summed E-state index contributed by atoms with van der Waals surface area (Å²) < 4.78 is 2.16. The highest BCUT2D eigenvalue weighted by atomic mass is 15.3. The zero-order chi connectivity index (χ0) is 13.2. The maximum atomic E-state index is 4.77. The summed E-state index contributed by atoms with van der Waals surface area (Å²) in [4.78, 5) is 0. The van der Waals surface area contributed by atoms with Crippen molar-refractivity contribution in [2.24, 2.45) is 0 Å². The first kappa shape index (κ1) is 12.4. The monoisotopic (exact) mass is 255 g/mol. The number of aryl methyl sites for hydroxylation is 2. The van der Waals surface area contributed by atoms with Gasteiger partial charge in [0.2, 0.25) is 0 Å². The maximum Gasteiger partial charge on any atom is 0.0684 e. The Kier molecular flexibility index (Phi) is 3.38. The largest absolute Gasteiger partial charge is 0.312 e. The van der Waals surface area contributed by atoms with E-state index in [1.54, 1.807) is 0 Å². The molecule has 3 nitrogen and oxygen atoms in total. The van der Waals surface area contributed by atoms with E-state index in [0.717, 1.165) is 32.4 Å². The molecule has 0 radical (unpaired) electrons. The van der Waals surface area contributed by atoms with E-state index in [1.807, 2.05) is 0 Å². The number of nitrogens with zero attached hydrogens (tertiary/aromatic N) is 2. The number of hydrogen-bond acceptors (Lipinski definition) is 2. The van der Waals surface area contributed by atoms with Crippen LogP contribution in [0.2, 0.25) is 0 Å². The fraction of sp³-hybridized carbons (Fsp3) is 0.438. The summed E-state index contributed by atoms with van der Waals surface area (Å²) >= 11 is 0. The molecule has 1 aliphatic heterocycles. The van der Waals surface area contributed by atoms with Gasteiger partial charge in [-0.3, -0.25) is 0 Å². The van der Waals surface area contributed by atoms with Gasteiger partial charge < -0.3 is 5.32 Å². The minimum atomic E-state index is 0.979. The third kappa shape index (κ3) is 2.19. The first-order valence-electron chi connectivity index (χ1n) is 7.23. The summed E-state index contributed by atoms with van der Waals surface area (Å²) in [6.45, 7) is 6.40. The quantitative estimate of drug-likeness (QED) is 0.913. The highest BCUT2D eigenvalue weighted by Gasteiger charge is 2.16. The molecule has 0 unspecified atom stereocenters. The van der Waals surface area contributed by atoms with Crippen molar-refractivity contribution in [3.63, 3.8) is 0 Å². The summed E-state index contributed by atoms with van der Waals surface area (Å²) in [5, 5.41) is 8.21. The van der Waals surface area contributed by atoms with Crippen LogP contribution in [-0.2, 0) is 25.8 Å². The Morgan fingerprint density at radius 3 is 2.95 bits per heavy atom. The lowest BCUT2D eigenvalue weighted by Gasteiger charge is -2.21. The predicted molar refractivity (Wildman–Crippen MR) is 77.7 cm³/mol. The van der Waals surface area contributed by atoms with E-state index in [-0.39, 0.29) is 0 Å². The third-order valence-corrected chi connectivity index (χ3v) is 3.90. The molecule has 3 rings (SSSR count). The van der Waals surface area contributed by atoms with E-state index < -0.39 is 0 Å². The molecule has 3 heteroatoms. The SMILES string of the molecule is CCc1cc(CC)n(-c2cccc3c2CCNC3)n1. The Labute approximate surface area is 114 Å². The molecule has 1 N–H and O–H groups in total. The van der Waals surface area contributed by atoms with Crippen LogP contribution in [0, 0.1) is 0 Å². The molecule has 0 bridgehead atoms. The van der Waals surface area contributed by atoms with Crippen molar-refractivity contribution in [1.82, 2.24) is 15.1 Å². The first-order chi connectivity index (χ1) is 9.33. The highest BCUT2D eigenvalue weighted by Crippen LogP contribution is 2.23. The lowest BCUT2D eigenvalue weighted by atomic mass is 9.99. The lowest BCUT2D eigenvalue weighted by Crippen LogP contribution is -2.25. The Hall–Kier alpha value is -1.61. The van der Waals surface area contributed by atoms with Crippen molar-refractivity contribution in [2.75, 3.05) is 6.54 Å². The van der Waals surface area contributed by atoms with Gasteiger partial charge >= 0.3 is 0 Å². The van der Waals surface area contributed by atoms with Crippen molar-refractivity contribution in [3.05, 3.63) is 46.8 Å². The first-order valence-corrected chi connectivity index (χ1v) is 7.23. The normalized spacial score (nSPS) is 14.4. The van der Waals surface area contributed by atoms with Gasteiger partial charge in [-0.25, -0.2) is 4.68 Å². The minimum absolute atomic E-state index is 0.979. The molecule has 0 saturated heterocycles. The van der Waals surface area contributed by atoms with E-state index in [9.17, 15) is 0 Å². The van der Waals surface area contributed by atoms with E-state index in [2.05, 4.69) is 48.1 Å². The van der Waals surface area contributed by atoms with E-state index in [4.69, 9.17) is 5.10 Å². The average Bonchev–Trinajstić information content (AvgIpc) is 2.90. The molecule has 19 heavy (non-hydrogen) atoms. The standard InChI is InChI=1S/C16H21N3/c1-3-13-10-14(4-2)19(18-13)16-7-5-6-12-11-17-9-8-15(12)16/h5-7,10,17H,3-4,8-9,11H2,1-2H3. The molecular formula is C16H21N3. The Bertz CT molecular complexity index is 584. The van der Waals surface area contributed by atoms with Crippen LogP contribution in [0.5, 0.6) is 0 Å². The molecule has 100 valence electrons. The van der Waals surface area contributed by atoms with Crippen molar-refractivity contribution in [2.45, 2.75) is 39.7 Å². The molecule has 1 aliphatic rings. The van der Waals surface area contributed by atoms with Crippen molar-refractivity contribution < 1.29 is 0 Å². The number of nitrogens with one attached hydrogen (secondary N) is 1. The fourth-order valence-corrected chi connectivity index (χ4v) is 2.82. The molecule has 0 amide bonds. The Balaban J connectivity index is 2.13. The van der Waals surface area contributed by atoms with Crippen LogP contribution < -0.4 is 5.32 Å². The molecule has 1 aromatic carbocycles. The van der Waals surface area contributed by atoms with Crippen LogP contribution in [-0.4, -0.2) is 16.3 Å². The van der Waals surface area contributed by atoms with E-state index in [1.165, 1.54) is 28.2 Å². The second-order valence-electron chi connectivity index (χ2n) is 5.09. The minimum Gasteiger partial charge on any atom is -0.312 e. The van der Waals surface area contributed by atoms with Crippen LogP contribution >= 0.6 is 0 Å². The van der Waals surface area contributed by atoms with Gasteiger partial charge in [-0.05, 0) is 49.1 Å². The predicted octanol–water partition coefficient (Wildman–Crippen LogP) is 2.64. The topological polar surface area (TPSA) is 29.9 Å². The number of hydrogen-bond donors (Lipinski definition) is 1. The Morgan fingerprint density at radius 1 is 1.26 bits per heavy atom. The van der Waals surface area contributed by atoms with Gasteiger partial charge in [0.15, 0.2) is 0 Å². The molecule has 1 aromatic heterocycles. The number of rotatable bonds is 3. The van der Waals surface area contributed by atoms with Gasteiger partial charge in [0.1, 0.15) is 0 Å². The molecular weight excluding hydrogens is 234 g/mol. The van der Waals surface area contributed by atoms with Crippen LogP contribution in [0.15, 0.2) is 24.3 Å². The van der Waals surface area contributed by atoms with Crippen LogP contribution in [0.1, 0.15) is 36.4 Å². The van der Waals surface area contributed by atoms with Crippen LogP contribution in [0.25, 0.3) is 5.69 Å². The number of benzene rings is 1. The fourth-order valence-electron chi connectivity index (χ4n) is 2.82. The molecule has 0 saturated carbocycles. The lowest BCUT2D eigenvalue weighted by molar-refractivity contribution is 0.636. The van der Waals surface area contributed by atoms with Gasteiger partial charge in [-0.15, -0.1) is 0 Å². The van der Waals surface area contributed by atoms with Gasteiger partial charge in [0.25, 0.3) is 0 Å². The second kappa shape index (κ2) is 5.17. The molecule has 0 atom stereocenters. The summed E-state index contributed by atoms with van der Waals surface area (Å²) in [6, 6.07) is 8.81. The van der Waals surface area contributed by atoms with Crippen molar-refractivity contribution >= 4 is 0 Å². The summed E-state index contributed by atoms with van der Waals surface area (Å²) in [6.07, 6.45) is 3.11. The summed E-state index contributed by atoms with van der Waals surface area (Å²) in [5.74, 6) is 0. The average molecular weight is 255 g/mol. The van der Waals surface area contributed by atoms with Crippen LogP contribution in [0.3, 0.4) is 0 Å². The maximum absolute atomic E-state index is 4.77. The third-order valence-electron chi connectivity index (χ3n) is 3.90. The zero-order valence-electron chi connectivity index (χ0n) is 11.7. The molecule has 0 fully saturated rings. The van der Waals surface area contributed by atoms with Gasteiger partial charge in [-0.1, -0.05) is 26.0 Å². The number of aromatic nitrogens is 2. The second-order valence-corrected chi connectivity index (χ2v) is 5.09. The van der Waals surface area contributed by atoms with E-state index >= 15 is 0 Å².